The van der Waals surface area contributed by atoms with Crippen LogP contribution in [-0.2, 0) is 0 Å². The predicted octanol–water partition coefficient (Wildman–Crippen LogP) is 4.24. The summed E-state index contributed by atoms with van der Waals surface area (Å²) in [6.07, 6.45) is 0. The summed E-state index contributed by atoms with van der Waals surface area (Å²) in [5, 5.41) is 15.4. The smallest absolute Gasteiger partial charge is 0.123 e. The Kier molecular flexibility index (Phi) is 3.38. The van der Waals surface area contributed by atoms with Crippen LogP contribution in [0, 0.1) is 13.8 Å². The second kappa shape index (κ2) is 4.80. The molecule has 17 heavy (non-hydrogen) atoms. The molecular weight excluding hydrogens is 230 g/mol. The summed E-state index contributed by atoms with van der Waals surface area (Å²) in [7, 11) is 0. The maximum atomic E-state index is 9.89. The highest BCUT2D eigenvalue weighted by molar-refractivity contribution is 7.10. The van der Waals surface area contributed by atoms with E-state index in [4.69, 9.17) is 0 Å². The van der Waals surface area contributed by atoms with Gasteiger partial charge in [0.25, 0.3) is 0 Å². The fraction of sp³-hybridized carbons (Fsp3) is 0.286. The van der Waals surface area contributed by atoms with E-state index in [2.05, 4.69) is 29.8 Å². The first-order chi connectivity index (χ1) is 8.09. The summed E-state index contributed by atoms with van der Waals surface area (Å²) in [4.78, 5) is 1.30. The van der Waals surface area contributed by atoms with Crippen LogP contribution in [0.3, 0.4) is 0 Å². The van der Waals surface area contributed by atoms with Crippen LogP contribution in [0.5, 0.6) is 5.75 Å². The molecule has 0 bridgehead atoms. The Morgan fingerprint density at radius 1 is 1.24 bits per heavy atom. The number of rotatable bonds is 3. The Balaban J connectivity index is 2.22. The SMILES string of the molecule is Cc1ccc(NC(C)c2cccs2)c(C)c1O. The molecule has 0 aliphatic heterocycles. The van der Waals surface area contributed by atoms with E-state index >= 15 is 0 Å². The third-order valence-electron chi connectivity index (χ3n) is 2.97. The van der Waals surface area contributed by atoms with Crippen LogP contribution in [0.2, 0.25) is 0 Å². The van der Waals surface area contributed by atoms with E-state index in [0.717, 1.165) is 16.8 Å². The Morgan fingerprint density at radius 3 is 2.65 bits per heavy atom. The molecule has 2 nitrogen and oxygen atoms in total. The summed E-state index contributed by atoms with van der Waals surface area (Å²) in [6.45, 7) is 5.97. The largest absolute Gasteiger partial charge is 0.507 e. The predicted molar refractivity (Wildman–Crippen MR) is 73.9 cm³/mol. The number of hydrogen-bond donors (Lipinski definition) is 2. The third-order valence-corrected chi connectivity index (χ3v) is 4.03. The average molecular weight is 247 g/mol. The van der Waals surface area contributed by atoms with Gasteiger partial charge in [0.2, 0.25) is 0 Å². The van der Waals surface area contributed by atoms with E-state index in [9.17, 15) is 5.11 Å². The highest BCUT2D eigenvalue weighted by atomic mass is 32.1. The number of phenolic OH excluding ortho intramolecular Hbond substituents is 1. The van der Waals surface area contributed by atoms with E-state index in [1.54, 1.807) is 11.3 Å². The minimum Gasteiger partial charge on any atom is -0.507 e. The molecule has 0 fully saturated rings. The van der Waals surface area contributed by atoms with Gasteiger partial charge in [-0.3, -0.25) is 0 Å². The van der Waals surface area contributed by atoms with Crippen molar-refractivity contribution in [2.75, 3.05) is 5.32 Å². The zero-order valence-corrected chi connectivity index (χ0v) is 11.1. The fourth-order valence-electron chi connectivity index (χ4n) is 1.83. The molecule has 0 saturated carbocycles. The standard InChI is InChI=1S/C14H17NOS/c1-9-6-7-12(10(2)14(9)16)15-11(3)13-5-4-8-17-13/h4-8,11,15-16H,1-3H3. The van der Waals surface area contributed by atoms with Crippen molar-refractivity contribution in [3.8, 4) is 5.75 Å². The quantitative estimate of drug-likeness (QED) is 0.850. The van der Waals surface area contributed by atoms with E-state index in [1.165, 1.54) is 4.88 Å². The molecule has 1 unspecified atom stereocenters. The van der Waals surface area contributed by atoms with Gasteiger partial charge in [-0.1, -0.05) is 12.1 Å². The van der Waals surface area contributed by atoms with Crippen LogP contribution >= 0.6 is 11.3 Å². The third kappa shape index (κ3) is 2.44. The van der Waals surface area contributed by atoms with Crippen molar-refractivity contribution >= 4 is 17.0 Å². The highest BCUT2D eigenvalue weighted by Crippen LogP contribution is 2.31. The highest BCUT2D eigenvalue weighted by Gasteiger charge is 2.10. The molecule has 1 aromatic heterocycles. The Labute approximate surface area is 106 Å². The van der Waals surface area contributed by atoms with Gasteiger partial charge in [0, 0.05) is 16.1 Å². The number of nitrogens with one attached hydrogen (secondary N) is 1. The number of aromatic hydroxyl groups is 1. The second-order valence-electron chi connectivity index (χ2n) is 4.29. The van der Waals surface area contributed by atoms with Crippen LogP contribution in [0.15, 0.2) is 29.6 Å². The molecule has 2 N–H and O–H groups in total. The maximum absolute atomic E-state index is 9.89. The van der Waals surface area contributed by atoms with Gasteiger partial charge >= 0.3 is 0 Å². The minimum atomic E-state index is 0.260. The monoisotopic (exact) mass is 247 g/mol. The summed E-state index contributed by atoms with van der Waals surface area (Å²) in [6, 6.07) is 8.39. The van der Waals surface area contributed by atoms with Crippen LogP contribution in [0.1, 0.15) is 29.0 Å². The van der Waals surface area contributed by atoms with Gasteiger partial charge < -0.3 is 10.4 Å². The van der Waals surface area contributed by atoms with Crippen molar-refractivity contribution in [3.63, 3.8) is 0 Å². The van der Waals surface area contributed by atoms with Crippen LogP contribution < -0.4 is 5.32 Å². The normalized spacial score (nSPS) is 12.4. The zero-order valence-electron chi connectivity index (χ0n) is 10.3. The molecule has 0 saturated heterocycles. The van der Waals surface area contributed by atoms with Gasteiger partial charge in [-0.2, -0.15) is 0 Å². The maximum Gasteiger partial charge on any atom is 0.123 e. The molecule has 0 aliphatic carbocycles. The number of aryl methyl sites for hydroxylation is 1. The van der Waals surface area contributed by atoms with E-state index < -0.39 is 0 Å². The molecule has 0 spiro atoms. The number of anilines is 1. The lowest BCUT2D eigenvalue weighted by molar-refractivity contribution is 0.467. The van der Waals surface area contributed by atoms with Crippen molar-refractivity contribution in [3.05, 3.63) is 45.6 Å². The van der Waals surface area contributed by atoms with Gasteiger partial charge in [0.15, 0.2) is 0 Å². The molecule has 0 amide bonds. The lowest BCUT2D eigenvalue weighted by Crippen LogP contribution is -2.06. The Morgan fingerprint density at radius 2 is 2.00 bits per heavy atom. The molecule has 1 atom stereocenters. The van der Waals surface area contributed by atoms with Gasteiger partial charge in [-0.25, -0.2) is 0 Å². The van der Waals surface area contributed by atoms with E-state index in [1.807, 2.05) is 26.0 Å². The van der Waals surface area contributed by atoms with E-state index in [0.29, 0.717) is 5.75 Å². The lowest BCUT2D eigenvalue weighted by Gasteiger charge is -2.17. The zero-order chi connectivity index (χ0) is 12.4. The summed E-state index contributed by atoms with van der Waals surface area (Å²) >= 11 is 1.74. The summed E-state index contributed by atoms with van der Waals surface area (Å²) < 4.78 is 0. The molecule has 1 heterocycles. The fourth-order valence-corrected chi connectivity index (χ4v) is 2.57. The summed E-state index contributed by atoms with van der Waals surface area (Å²) in [5.74, 6) is 0.383. The van der Waals surface area contributed by atoms with Crippen molar-refractivity contribution in [2.45, 2.75) is 26.8 Å². The summed E-state index contributed by atoms with van der Waals surface area (Å²) in [5.41, 5.74) is 2.82. The molecule has 0 radical (unpaired) electrons. The molecular formula is C14H17NOS. The molecule has 2 rings (SSSR count). The molecule has 0 aliphatic rings. The average Bonchev–Trinajstić information content (AvgIpc) is 2.83. The van der Waals surface area contributed by atoms with Gasteiger partial charge in [-0.15, -0.1) is 11.3 Å². The first-order valence-corrected chi connectivity index (χ1v) is 6.56. The minimum absolute atomic E-state index is 0.260. The van der Waals surface area contributed by atoms with Crippen LogP contribution in [-0.4, -0.2) is 5.11 Å². The first kappa shape index (κ1) is 12.0. The van der Waals surface area contributed by atoms with Crippen molar-refractivity contribution in [2.24, 2.45) is 0 Å². The van der Waals surface area contributed by atoms with Crippen molar-refractivity contribution in [1.29, 1.82) is 0 Å². The molecule has 1 aromatic carbocycles. The number of benzene rings is 1. The topological polar surface area (TPSA) is 32.3 Å². The molecule has 3 heteroatoms. The van der Waals surface area contributed by atoms with Gasteiger partial charge in [0.05, 0.1) is 6.04 Å². The van der Waals surface area contributed by atoms with Crippen LogP contribution in [0.4, 0.5) is 5.69 Å². The van der Waals surface area contributed by atoms with Gasteiger partial charge in [-0.05, 0) is 43.8 Å². The Bertz CT molecular complexity index is 505. The lowest BCUT2D eigenvalue weighted by atomic mass is 10.1. The molecule has 2 aromatic rings. The number of thiophene rings is 1. The van der Waals surface area contributed by atoms with Gasteiger partial charge in [0.1, 0.15) is 5.75 Å². The number of phenols is 1. The number of hydrogen-bond acceptors (Lipinski definition) is 3. The van der Waals surface area contributed by atoms with Crippen LogP contribution in [0.25, 0.3) is 0 Å². The van der Waals surface area contributed by atoms with Crippen molar-refractivity contribution < 1.29 is 5.11 Å². The van der Waals surface area contributed by atoms with E-state index in [-0.39, 0.29) is 6.04 Å². The Hall–Kier alpha value is -1.48. The first-order valence-electron chi connectivity index (χ1n) is 5.68. The molecule has 90 valence electrons. The van der Waals surface area contributed by atoms with Crippen molar-refractivity contribution in [1.82, 2.24) is 0 Å². The second-order valence-corrected chi connectivity index (χ2v) is 5.26.